The summed E-state index contributed by atoms with van der Waals surface area (Å²) in [6.07, 6.45) is 0. The van der Waals surface area contributed by atoms with Crippen LogP contribution in [-0.2, 0) is 9.59 Å². The second-order valence-electron chi connectivity index (χ2n) is 3.93. The van der Waals surface area contributed by atoms with Gasteiger partial charge in [-0.1, -0.05) is 11.6 Å². The van der Waals surface area contributed by atoms with Crippen LogP contribution < -0.4 is 16.4 Å². The maximum absolute atomic E-state index is 11.7. The molecule has 4 N–H and O–H groups in total. The lowest BCUT2D eigenvalue weighted by Crippen LogP contribution is -2.38. The van der Waals surface area contributed by atoms with Crippen molar-refractivity contribution in [3.8, 4) is 0 Å². The molecule has 1 aromatic carbocycles. The molecule has 1 fully saturated rings. The van der Waals surface area contributed by atoms with Crippen LogP contribution in [0.15, 0.2) is 18.2 Å². The first-order valence-electron chi connectivity index (χ1n) is 5.40. The first kappa shape index (κ1) is 13.2. The number of benzene rings is 1. The maximum Gasteiger partial charge on any atom is 0.325 e. The van der Waals surface area contributed by atoms with Gasteiger partial charge in [-0.25, -0.2) is 4.79 Å². The molecule has 4 amide bonds. The minimum absolute atomic E-state index is 0.0921. The van der Waals surface area contributed by atoms with E-state index in [0.29, 0.717) is 16.4 Å². The molecule has 0 aliphatic carbocycles. The second kappa shape index (κ2) is 5.15. The Kier molecular flexibility index (Phi) is 3.57. The van der Waals surface area contributed by atoms with Crippen LogP contribution in [0.25, 0.3) is 0 Å². The van der Waals surface area contributed by atoms with Gasteiger partial charge in [0.25, 0.3) is 5.91 Å². The van der Waals surface area contributed by atoms with E-state index in [1.54, 1.807) is 12.1 Å². The van der Waals surface area contributed by atoms with Crippen LogP contribution in [0.3, 0.4) is 0 Å². The number of rotatable bonds is 3. The highest BCUT2D eigenvalue weighted by atomic mass is 35.5. The first-order valence-corrected chi connectivity index (χ1v) is 5.78. The third kappa shape index (κ3) is 2.94. The molecule has 0 radical (unpaired) electrons. The Balaban J connectivity index is 2.03. The number of carbonyl (C=O) groups excluding carboxylic acids is 3. The van der Waals surface area contributed by atoms with Crippen molar-refractivity contribution in [1.29, 1.82) is 0 Å². The summed E-state index contributed by atoms with van der Waals surface area (Å²) in [5.41, 5.74) is 6.34. The molecule has 0 aromatic heterocycles. The average Bonchev–Trinajstić information content (AvgIpc) is 2.65. The molecule has 0 unspecified atom stereocenters. The lowest BCUT2D eigenvalue weighted by atomic mass is 10.3. The summed E-state index contributed by atoms with van der Waals surface area (Å²) in [4.78, 5) is 35.1. The zero-order valence-corrected chi connectivity index (χ0v) is 10.5. The molecule has 1 saturated heterocycles. The van der Waals surface area contributed by atoms with Crippen molar-refractivity contribution >= 4 is 40.8 Å². The number of halogens is 1. The minimum atomic E-state index is -0.584. The van der Waals surface area contributed by atoms with Gasteiger partial charge in [0.05, 0.1) is 17.3 Å². The molecule has 0 atom stereocenters. The SMILES string of the molecule is Nc1ccc(Cl)c(NC(=O)CN2C(=O)CNC2=O)c1. The van der Waals surface area contributed by atoms with E-state index in [2.05, 4.69) is 10.6 Å². The lowest BCUT2D eigenvalue weighted by Gasteiger charge is -2.13. The van der Waals surface area contributed by atoms with Gasteiger partial charge in [-0.2, -0.15) is 0 Å². The van der Waals surface area contributed by atoms with Crippen LogP contribution in [0, 0.1) is 0 Å². The fourth-order valence-corrected chi connectivity index (χ4v) is 1.75. The van der Waals surface area contributed by atoms with Crippen molar-refractivity contribution in [2.75, 3.05) is 24.1 Å². The van der Waals surface area contributed by atoms with Crippen LogP contribution in [0.2, 0.25) is 5.02 Å². The number of hydrogen-bond acceptors (Lipinski definition) is 4. The molecular formula is C11H11ClN4O3. The van der Waals surface area contributed by atoms with E-state index in [9.17, 15) is 14.4 Å². The van der Waals surface area contributed by atoms with E-state index in [4.69, 9.17) is 17.3 Å². The molecule has 7 nitrogen and oxygen atoms in total. The topological polar surface area (TPSA) is 105 Å². The number of anilines is 2. The Morgan fingerprint density at radius 2 is 2.21 bits per heavy atom. The highest BCUT2D eigenvalue weighted by Crippen LogP contribution is 2.23. The van der Waals surface area contributed by atoms with Gasteiger partial charge < -0.3 is 16.4 Å². The molecule has 19 heavy (non-hydrogen) atoms. The first-order chi connectivity index (χ1) is 8.97. The average molecular weight is 283 g/mol. The number of carbonyl (C=O) groups is 3. The molecule has 0 saturated carbocycles. The van der Waals surface area contributed by atoms with Gasteiger partial charge in [-0.15, -0.1) is 0 Å². The number of hydrogen-bond donors (Lipinski definition) is 3. The molecule has 1 aliphatic rings. The fourth-order valence-electron chi connectivity index (χ4n) is 1.59. The second-order valence-corrected chi connectivity index (χ2v) is 4.33. The Morgan fingerprint density at radius 3 is 2.84 bits per heavy atom. The third-order valence-electron chi connectivity index (χ3n) is 2.50. The number of nitrogen functional groups attached to an aromatic ring is 1. The Morgan fingerprint density at radius 1 is 1.47 bits per heavy atom. The standard InChI is InChI=1S/C11H11ClN4O3/c12-7-2-1-6(13)3-8(7)15-9(17)5-16-10(18)4-14-11(16)19/h1-3H,4-5,13H2,(H,14,19)(H,15,17). The van der Waals surface area contributed by atoms with Crippen LogP contribution in [0.4, 0.5) is 16.2 Å². The van der Waals surface area contributed by atoms with Gasteiger partial charge in [0.1, 0.15) is 6.54 Å². The molecule has 0 bridgehead atoms. The summed E-state index contributed by atoms with van der Waals surface area (Å²) in [7, 11) is 0. The van der Waals surface area contributed by atoms with E-state index >= 15 is 0 Å². The molecule has 1 heterocycles. The molecular weight excluding hydrogens is 272 g/mol. The van der Waals surface area contributed by atoms with Crippen molar-refractivity contribution in [1.82, 2.24) is 10.2 Å². The van der Waals surface area contributed by atoms with Gasteiger partial charge in [0.2, 0.25) is 5.91 Å². The monoisotopic (exact) mass is 282 g/mol. The summed E-state index contributed by atoms with van der Waals surface area (Å²) >= 11 is 5.88. The number of nitrogens with one attached hydrogen (secondary N) is 2. The molecule has 1 aromatic rings. The smallest absolute Gasteiger partial charge is 0.325 e. The normalized spacial score (nSPS) is 14.5. The quantitative estimate of drug-likeness (QED) is 0.552. The minimum Gasteiger partial charge on any atom is -0.399 e. The Bertz CT molecular complexity index is 545. The van der Waals surface area contributed by atoms with Gasteiger partial charge in [0.15, 0.2) is 0 Å². The fraction of sp³-hybridized carbons (Fsp3) is 0.182. The summed E-state index contributed by atoms with van der Waals surface area (Å²) in [5.74, 6) is -0.975. The molecule has 0 spiro atoms. The predicted molar refractivity (Wildman–Crippen MR) is 69.6 cm³/mol. The van der Waals surface area contributed by atoms with Gasteiger partial charge in [-0.05, 0) is 18.2 Å². The largest absolute Gasteiger partial charge is 0.399 e. The molecule has 100 valence electrons. The van der Waals surface area contributed by atoms with E-state index in [1.165, 1.54) is 6.07 Å². The van der Waals surface area contributed by atoms with Crippen molar-refractivity contribution in [3.05, 3.63) is 23.2 Å². The van der Waals surface area contributed by atoms with Crippen LogP contribution in [0.5, 0.6) is 0 Å². The number of nitrogens with two attached hydrogens (primary N) is 1. The van der Waals surface area contributed by atoms with Crippen molar-refractivity contribution < 1.29 is 14.4 Å². The highest BCUT2D eigenvalue weighted by molar-refractivity contribution is 6.33. The number of urea groups is 1. The Hall–Kier alpha value is -2.28. The van der Waals surface area contributed by atoms with Gasteiger partial charge >= 0.3 is 6.03 Å². The van der Waals surface area contributed by atoms with Crippen LogP contribution >= 0.6 is 11.6 Å². The summed E-state index contributed by atoms with van der Waals surface area (Å²) in [5, 5.41) is 5.13. The van der Waals surface area contributed by atoms with Crippen molar-refractivity contribution in [3.63, 3.8) is 0 Å². The summed E-state index contributed by atoms with van der Waals surface area (Å²) < 4.78 is 0. The van der Waals surface area contributed by atoms with Gasteiger partial charge in [0, 0.05) is 5.69 Å². The Labute approximate surface area is 113 Å². The summed E-state index contributed by atoms with van der Waals surface area (Å²) in [6, 6.07) is 4.04. The van der Waals surface area contributed by atoms with Crippen LogP contribution in [-0.4, -0.2) is 35.8 Å². The van der Waals surface area contributed by atoms with Crippen molar-refractivity contribution in [2.45, 2.75) is 0 Å². The molecule has 8 heteroatoms. The van der Waals surface area contributed by atoms with E-state index < -0.39 is 17.8 Å². The number of imide groups is 1. The maximum atomic E-state index is 11.7. The third-order valence-corrected chi connectivity index (χ3v) is 2.83. The van der Waals surface area contributed by atoms with E-state index in [1.807, 2.05) is 0 Å². The van der Waals surface area contributed by atoms with E-state index in [-0.39, 0.29) is 13.1 Å². The number of amides is 4. The molecule has 2 rings (SSSR count). The zero-order chi connectivity index (χ0) is 14.0. The predicted octanol–water partition coefficient (Wildman–Crippen LogP) is 0.412. The zero-order valence-electron chi connectivity index (χ0n) is 9.77. The van der Waals surface area contributed by atoms with Crippen molar-refractivity contribution in [2.24, 2.45) is 0 Å². The van der Waals surface area contributed by atoms with E-state index in [0.717, 1.165) is 4.90 Å². The highest BCUT2D eigenvalue weighted by Gasteiger charge is 2.30. The van der Waals surface area contributed by atoms with Gasteiger partial charge in [-0.3, -0.25) is 14.5 Å². The lowest BCUT2D eigenvalue weighted by molar-refractivity contribution is -0.128. The molecule has 1 aliphatic heterocycles. The summed E-state index contributed by atoms with van der Waals surface area (Å²) in [6.45, 7) is -0.457. The van der Waals surface area contributed by atoms with Crippen LogP contribution in [0.1, 0.15) is 0 Å². The number of nitrogens with zero attached hydrogens (tertiary/aromatic N) is 1.